The summed E-state index contributed by atoms with van der Waals surface area (Å²) in [6, 6.07) is 0.431. The molecule has 1 atom stereocenters. The lowest BCUT2D eigenvalue weighted by molar-refractivity contribution is -0.126. The first kappa shape index (κ1) is 13.3. The maximum Gasteiger partial charge on any atom is 0.224 e. The fraction of sp³-hybridized carbons (Fsp3) is 0.846. The molecule has 0 aromatic rings. The molecule has 102 valence electrons. The number of amides is 2. The third kappa shape index (κ3) is 4.64. The minimum absolute atomic E-state index is 0.110. The van der Waals surface area contributed by atoms with Crippen molar-refractivity contribution in [3.05, 3.63) is 0 Å². The molecule has 1 aliphatic carbocycles. The molecule has 1 saturated heterocycles. The Morgan fingerprint density at radius 1 is 1.22 bits per heavy atom. The van der Waals surface area contributed by atoms with Gasteiger partial charge in [0.05, 0.1) is 5.92 Å². The van der Waals surface area contributed by atoms with Gasteiger partial charge in [0, 0.05) is 25.6 Å². The standard InChI is InChI=1S/C13H23N3O2/c17-12(16-11-5-6-11)4-2-8-15-13(18)10-3-1-7-14-9-10/h10-11,14H,1-9H2,(H,15,18)(H,16,17). The van der Waals surface area contributed by atoms with E-state index in [2.05, 4.69) is 16.0 Å². The number of hydrogen-bond acceptors (Lipinski definition) is 3. The van der Waals surface area contributed by atoms with Gasteiger partial charge in [0.2, 0.25) is 11.8 Å². The topological polar surface area (TPSA) is 70.2 Å². The van der Waals surface area contributed by atoms with Crippen molar-refractivity contribution in [2.24, 2.45) is 5.92 Å². The van der Waals surface area contributed by atoms with E-state index in [1.807, 2.05) is 0 Å². The largest absolute Gasteiger partial charge is 0.356 e. The number of carbonyl (C=O) groups excluding carboxylic acids is 2. The van der Waals surface area contributed by atoms with Crippen LogP contribution in [0.2, 0.25) is 0 Å². The van der Waals surface area contributed by atoms with Gasteiger partial charge in [0.25, 0.3) is 0 Å². The van der Waals surface area contributed by atoms with E-state index < -0.39 is 0 Å². The Hall–Kier alpha value is -1.10. The van der Waals surface area contributed by atoms with Gasteiger partial charge in [-0.3, -0.25) is 9.59 Å². The average Bonchev–Trinajstić information content (AvgIpc) is 3.19. The van der Waals surface area contributed by atoms with E-state index in [4.69, 9.17) is 0 Å². The van der Waals surface area contributed by atoms with Crippen LogP contribution in [0.3, 0.4) is 0 Å². The molecule has 0 aromatic heterocycles. The van der Waals surface area contributed by atoms with Crippen LogP contribution >= 0.6 is 0 Å². The summed E-state index contributed by atoms with van der Waals surface area (Å²) in [4.78, 5) is 23.2. The van der Waals surface area contributed by atoms with Gasteiger partial charge in [-0.05, 0) is 38.6 Å². The van der Waals surface area contributed by atoms with Crippen LogP contribution in [0.25, 0.3) is 0 Å². The second-order valence-electron chi connectivity index (χ2n) is 5.28. The van der Waals surface area contributed by atoms with E-state index in [9.17, 15) is 9.59 Å². The Kier molecular flexibility index (Phi) is 4.99. The third-order valence-corrected chi connectivity index (χ3v) is 3.49. The number of nitrogens with one attached hydrogen (secondary N) is 3. The number of carbonyl (C=O) groups is 2. The summed E-state index contributed by atoms with van der Waals surface area (Å²) in [5, 5.41) is 9.09. The van der Waals surface area contributed by atoms with Gasteiger partial charge < -0.3 is 16.0 Å². The fourth-order valence-electron chi connectivity index (χ4n) is 2.21. The molecule has 5 heteroatoms. The molecule has 2 aliphatic rings. The van der Waals surface area contributed by atoms with E-state index >= 15 is 0 Å². The molecule has 0 bridgehead atoms. The maximum absolute atomic E-state index is 11.8. The van der Waals surface area contributed by atoms with Crippen LogP contribution in [-0.2, 0) is 9.59 Å². The minimum Gasteiger partial charge on any atom is -0.356 e. The molecule has 1 saturated carbocycles. The highest BCUT2D eigenvalue weighted by Gasteiger charge is 2.23. The van der Waals surface area contributed by atoms with E-state index in [0.29, 0.717) is 19.0 Å². The molecule has 18 heavy (non-hydrogen) atoms. The quantitative estimate of drug-likeness (QED) is 0.591. The van der Waals surface area contributed by atoms with Crippen LogP contribution in [0.4, 0.5) is 0 Å². The highest BCUT2D eigenvalue weighted by molar-refractivity contribution is 5.79. The van der Waals surface area contributed by atoms with Gasteiger partial charge >= 0.3 is 0 Å². The molecule has 0 spiro atoms. The van der Waals surface area contributed by atoms with Gasteiger partial charge in [-0.15, -0.1) is 0 Å². The Labute approximate surface area is 108 Å². The van der Waals surface area contributed by atoms with Crippen molar-refractivity contribution in [2.75, 3.05) is 19.6 Å². The van der Waals surface area contributed by atoms with Crippen LogP contribution in [0.5, 0.6) is 0 Å². The van der Waals surface area contributed by atoms with Crippen LogP contribution in [0.15, 0.2) is 0 Å². The van der Waals surface area contributed by atoms with Gasteiger partial charge in [-0.1, -0.05) is 0 Å². The Bertz CT molecular complexity index is 297. The molecular weight excluding hydrogens is 230 g/mol. The highest BCUT2D eigenvalue weighted by atomic mass is 16.2. The van der Waals surface area contributed by atoms with Crippen molar-refractivity contribution < 1.29 is 9.59 Å². The van der Waals surface area contributed by atoms with E-state index in [0.717, 1.165) is 45.2 Å². The zero-order valence-electron chi connectivity index (χ0n) is 10.8. The molecule has 3 N–H and O–H groups in total. The highest BCUT2D eigenvalue weighted by Crippen LogP contribution is 2.18. The van der Waals surface area contributed by atoms with Crippen molar-refractivity contribution >= 4 is 11.8 Å². The normalized spacial score (nSPS) is 23.4. The first-order valence-electron chi connectivity index (χ1n) is 7.03. The zero-order valence-corrected chi connectivity index (χ0v) is 10.8. The number of hydrogen-bond donors (Lipinski definition) is 3. The monoisotopic (exact) mass is 253 g/mol. The number of piperidine rings is 1. The second-order valence-corrected chi connectivity index (χ2v) is 5.28. The molecule has 1 unspecified atom stereocenters. The summed E-state index contributed by atoms with van der Waals surface area (Å²) < 4.78 is 0. The van der Waals surface area contributed by atoms with Gasteiger partial charge in [-0.25, -0.2) is 0 Å². The second kappa shape index (κ2) is 6.73. The average molecular weight is 253 g/mol. The van der Waals surface area contributed by atoms with Crippen molar-refractivity contribution in [1.29, 1.82) is 0 Å². The Morgan fingerprint density at radius 2 is 2.06 bits per heavy atom. The van der Waals surface area contributed by atoms with E-state index in [1.165, 1.54) is 0 Å². The molecule has 5 nitrogen and oxygen atoms in total. The Balaban J connectivity index is 1.51. The first-order valence-corrected chi connectivity index (χ1v) is 7.03. The maximum atomic E-state index is 11.8. The minimum atomic E-state index is 0.110. The molecule has 2 amide bonds. The lowest BCUT2D eigenvalue weighted by Gasteiger charge is -2.21. The summed E-state index contributed by atoms with van der Waals surface area (Å²) in [6.45, 7) is 2.41. The van der Waals surface area contributed by atoms with Crippen LogP contribution in [0.1, 0.15) is 38.5 Å². The van der Waals surface area contributed by atoms with Crippen molar-refractivity contribution in [2.45, 2.75) is 44.6 Å². The lowest BCUT2D eigenvalue weighted by Crippen LogP contribution is -2.41. The predicted octanol–water partition coefficient (Wildman–Crippen LogP) is 0.161. The smallest absolute Gasteiger partial charge is 0.224 e. The summed E-state index contributed by atoms with van der Waals surface area (Å²) in [6.07, 6.45) is 5.53. The fourth-order valence-corrected chi connectivity index (χ4v) is 2.21. The van der Waals surface area contributed by atoms with Crippen molar-refractivity contribution in [3.8, 4) is 0 Å². The number of rotatable bonds is 6. The Morgan fingerprint density at radius 3 is 2.72 bits per heavy atom. The lowest BCUT2D eigenvalue weighted by atomic mass is 9.99. The molecule has 0 aromatic carbocycles. The third-order valence-electron chi connectivity index (χ3n) is 3.49. The summed E-state index contributed by atoms with van der Waals surface area (Å²) in [5.41, 5.74) is 0. The summed E-state index contributed by atoms with van der Waals surface area (Å²) >= 11 is 0. The van der Waals surface area contributed by atoms with E-state index in [1.54, 1.807) is 0 Å². The van der Waals surface area contributed by atoms with Gasteiger partial charge in [0.1, 0.15) is 0 Å². The van der Waals surface area contributed by atoms with Crippen molar-refractivity contribution in [1.82, 2.24) is 16.0 Å². The summed E-state index contributed by atoms with van der Waals surface area (Å²) in [7, 11) is 0. The first-order chi connectivity index (χ1) is 8.75. The molecule has 2 fully saturated rings. The molecule has 2 rings (SSSR count). The summed E-state index contributed by atoms with van der Waals surface area (Å²) in [5.74, 6) is 0.356. The predicted molar refractivity (Wildman–Crippen MR) is 69.0 cm³/mol. The molecular formula is C13H23N3O2. The molecule has 0 radical (unpaired) electrons. The van der Waals surface area contributed by atoms with E-state index in [-0.39, 0.29) is 17.7 Å². The van der Waals surface area contributed by atoms with Crippen molar-refractivity contribution in [3.63, 3.8) is 0 Å². The van der Waals surface area contributed by atoms with Gasteiger partial charge in [-0.2, -0.15) is 0 Å². The molecule has 1 heterocycles. The molecule has 1 aliphatic heterocycles. The van der Waals surface area contributed by atoms with Gasteiger partial charge in [0.15, 0.2) is 0 Å². The van der Waals surface area contributed by atoms with Crippen LogP contribution < -0.4 is 16.0 Å². The SMILES string of the molecule is O=C(CCCNC(=O)C1CCCNC1)NC1CC1. The zero-order chi connectivity index (χ0) is 12.8. The van der Waals surface area contributed by atoms with Crippen LogP contribution in [0, 0.1) is 5.92 Å². The van der Waals surface area contributed by atoms with Crippen LogP contribution in [-0.4, -0.2) is 37.5 Å².